The number of carbonyl (C=O) groups is 1. The van der Waals surface area contributed by atoms with Gasteiger partial charge in [0, 0.05) is 29.7 Å². The summed E-state index contributed by atoms with van der Waals surface area (Å²) < 4.78 is 0. The van der Waals surface area contributed by atoms with Crippen LogP contribution in [0.25, 0.3) is 22.0 Å². The molecule has 0 aliphatic carbocycles. The van der Waals surface area contributed by atoms with Gasteiger partial charge < -0.3 is 10.3 Å². The average Bonchev–Trinajstić information content (AvgIpc) is 2.91. The Hall–Kier alpha value is -2.55. The van der Waals surface area contributed by atoms with E-state index in [2.05, 4.69) is 47.6 Å². The van der Waals surface area contributed by atoms with Gasteiger partial charge in [0.2, 0.25) is 5.91 Å². The van der Waals surface area contributed by atoms with Crippen molar-refractivity contribution in [2.75, 3.05) is 7.05 Å². The Bertz CT molecular complexity index is 785. The van der Waals surface area contributed by atoms with Crippen LogP contribution >= 0.6 is 0 Å². The van der Waals surface area contributed by atoms with E-state index in [9.17, 15) is 4.79 Å². The van der Waals surface area contributed by atoms with Crippen LogP contribution in [0, 0.1) is 6.92 Å². The first-order chi connectivity index (χ1) is 10.2. The minimum atomic E-state index is 0.0328. The Morgan fingerprint density at radius 1 is 1.14 bits per heavy atom. The maximum atomic E-state index is 11.4. The molecule has 0 spiro atoms. The van der Waals surface area contributed by atoms with Gasteiger partial charge >= 0.3 is 0 Å². The summed E-state index contributed by atoms with van der Waals surface area (Å²) in [7, 11) is 1.66. The number of aromatic amines is 1. The highest BCUT2D eigenvalue weighted by atomic mass is 16.1. The second kappa shape index (κ2) is 5.44. The molecule has 106 valence electrons. The molecule has 3 heteroatoms. The number of fused-ring (bicyclic) bond motifs is 1. The van der Waals surface area contributed by atoms with Crippen molar-refractivity contribution in [3.05, 3.63) is 59.8 Å². The lowest BCUT2D eigenvalue weighted by molar-refractivity contribution is -0.119. The Morgan fingerprint density at radius 2 is 1.90 bits per heavy atom. The minimum Gasteiger partial charge on any atom is -0.361 e. The van der Waals surface area contributed by atoms with Gasteiger partial charge in [0.25, 0.3) is 0 Å². The molecule has 3 rings (SSSR count). The summed E-state index contributed by atoms with van der Waals surface area (Å²) in [5.41, 5.74) is 5.77. The second-order valence-electron chi connectivity index (χ2n) is 5.30. The van der Waals surface area contributed by atoms with Gasteiger partial charge in [-0.25, -0.2) is 0 Å². The summed E-state index contributed by atoms with van der Waals surface area (Å²) in [6.45, 7) is 2.10. The highest BCUT2D eigenvalue weighted by Crippen LogP contribution is 2.29. The molecule has 3 aromatic rings. The van der Waals surface area contributed by atoms with E-state index in [1.807, 2.05) is 18.3 Å². The number of hydrogen-bond acceptors (Lipinski definition) is 1. The van der Waals surface area contributed by atoms with Gasteiger partial charge in [-0.3, -0.25) is 4.79 Å². The molecule has 0 fully saturated rings. The zero-order valence-corrected chi connectivity index (χ0v) is 12.2. The number of hydrogen-bond donors (Lipinski definition) is 2. The van der Waals surface area contributed by atoms with Crippen molar-refractivity contribution in [1.29, 1.82) is 0 Å². The normalized spacial score (nSPS) is 10.8. The molecule has 0 saturated heterocycles. The Kier molecular flexibility index (Phi) is 3.48. The number of aromatic nitrogens is 1. The highest BCUT2D eigenvalue weighted by molar-refractivity contribution is 5.96. The Balaban J connectivity index is 1.95. The van der Waals surface area contributed by atoms with Crippen molar-refractivity contribution in [2.45, 2.75) is 13.3 Å². The van der Waals surface area contributed by atoms with Gasteiger partial charge in [0.1, 0.15) is 0 Å². The predicted octanol–water partition coefficient (Wildman–Crippen LogP) is 3.43. The minimum absolute atomic E-state index is 0.0328. The first-order valence-electron chi connectivity index (χ1n) is 7.05. The number of H-pyrrole nitrogens is 1. The molecule has 0 unspecified atom stereocenters. The van der Waals surface area contributed by atoms with Gasteiger partial charge in [0.15, 0.2) is 0 Å². The second-order valence-corrected chi connectivity index (χ2v) is 5.30. The molecule has 1 amide bonds. The SMILES string of the molecule is CNC(=O)Cc1ccc(-c2c[nH]c3ccc(C)cc23)cc1. The monoisotopic (exact) mass is 278 g/mol. The number of aryl methyl sites for hydroxylation is 1. The molecule has 0 bridgehead atoms. The molecule has 0 aliphatic rings. The van der Waals surface area contributed by atoms with Crippen molar-refractivity contribution in [1.82, 2.24) is 10.3 Å². The van der Waals surface area contributed by atoms with Gasteiger partial charge in [-0.1, -0.05) is 35.9 Å². The van der Waals surface area contributed by atoms with Gasteiger partial charge in [-0.15, -0.1) is 0 Å². The Morgan fingerprint density at radius 3 is 2.62 bits per heavy atom. The maximum absolute atomic E-state index is 11.4. The largest absolute Gasteiger partial charge is 0.361 e. The third-order valence-electron chi connectivity index (χ3n) is 3.75. The third kappa shape index (κ3) is 2.68. The molecule has 3 nitrogen and oxygen atoms in total. The van der Waals surface area contributed by atoms with Crippen LogP contribution in [0.5, 0.6) is 0 Å². The van der Waals surface area contributed by atoms with E-state index in [0.717, 1.165) is 16.6 Å². The average molecular weight is 278 g/mol. The summed E-state index contributed by atoms with van der Waals surface area (Å²) >= 11 is 0. The molecule has 0 radical (unpaired) electrons. The van der Waals surface area contributed by atoms with Crippen LogP contribution in [0.1, 0.15) is 11.1 Å². The maximum Gasteiger partial charge on any atom is 0.224 e. The quantitative estimate of drug-likeness (QED) is 0.757. The van der Waals surface area contributed by atoms with Crippen LogP contribution in [0.15, 0.2) is 48.7 Å². The summed E-state index contributed by atoms with van der Waals surface area (Å²) in [4.78, 5) is 14.7. The molecule has 1 aromatic heterocycles. The van der Waals surface area contributed by atoms with E-state index in [1.54, 1.807) is 7.05 Å². The van der Waals surface area contributed by atoms with E-state index in [1.165, 1.54) is 16.5 Å². The molecule has 0 aliphatic heterocycles. The lowest BCUT2D eigenvalue weighted by atomic mass is 10.0. The molecular weight excluding hydrogens is 260 g/mol. The van der Waals surface area contributed by atoms with Crippen LogP contribution in [-0.4, -0.2) is 17.9 Å². The topological polar surface area (TPSA) is 44.9 Å². The molecular formula is C18H18N2O. The van der Waals surface area contributed by atoms with E-state index in [4.69, 9.17) is 0 Å². The van der Waals surface area contributed by atoms with E-state index < -0.39 is 0 Å². The van der Waals surface area contributed by atoms with Crippen LogP contribution in [0.4, 0.5) is 0 Å². The van der Waals surface area contributed by atoms with Gasteiger partial charge in [0.05, 0.1) is 6.42 Å². The summed E-state index contributed by atoms with van der Waals surface area (Å²) in [6, 6.07) is 14.6. The fourth-order valence-electron chi connectivity index (χ4n) is 2.55. The molecule has 0 atom stereocenters. The molecule has 21 heavy (non-hydrogen) atoms. The van der Waals surface area contributed by atoms with Crippen molar-refractivity contribution in [2.24, 2.45) is 0 Å². The fraction of sp³-hybridized carbons (Fsp3) is 0.167. The summed E-state index contributed by atoms with van der Waals surface area (Å²) in [5.74, 6) is 0.0328. The van der Waals surface area contributed by atoms with E-state index in [-0.39, 0.29) is 5.91 Å². The predicted molar refractivity (Wildman–Crippen MR) is 86.2 cm³/mol. The number of amides is 1. The number of nitrogens with one attached hydrogen (secondary N) is 2. The number of likely N-dealkylation sites (N-methyl/N-ethyl adjacent to an activating group) is 1. The van der Waals surface area contributed by atoms with Crippen LogP contribution < -0.4 is 5.32 Å². The smallest absolute Gasteiger partial charge is 0.224 e. The van der Waals surface area contributed by atoms with Crippen molar-refractivity contribution < 1.29 is 4.79 Å². The number of rotatable bonds is 3. The zero-order valence-electron chi connectivity index (χ0n) is 12.2. The third-order valence-corrected chi connectivity index (χ3v) is 3.75. The molecule has 2 N–H and O–H groups in total. The summed E-state index contributed by atoms with van der Waals surface area (Å²) in [5, 5.41) is 3.87. The number of benzene rings is 2. The number of carbonyl (C=O) groups excluding carboxylic acids is 1. The van der Waals surface area contributed by atoms with Crippen LogP contribution in [0.3, 0.4) is 0 Å². The first-order valence-corrected chi connectivity index (χ1v) is 7.05. The van der Waals surface area contributed by atoms with Gasteiger partial charge in [-0.05, 0) is 30.2 Å². The fourth-order valence-corrected chi connectivity index (χ4v) is 2.55. The zero-order chi connectivity index (χ0) is 14.8. The van der Waals surface area contributed by atoms with Crippen LogP contribution in [0.2, 0.25) is 0 Å². The molecule has 1 heterocycles. The van der Waals surface area contributed by atoms with Gasteiger partial charge in [-0.2, -0.15) is 0 Å². The van der Waals surface area contributed by atoms with E-state index in [0.29, 0.717) is 6.42 Å². The van der Waals surface area contributed by atoms with Crippen molar-refractivity contribution >= 4 is 16.8 Å². The Labute approximate surface area is 124 Å². The molecule has 0 saturated carbocycles. The highest BCUT2D eigenvalue weighted by Gasteiger charge is 2.07. The van der Waals surface area contributed by atoms with Crippen molar-refractivity contribution in [3.63, 3.8) is 0 Å². The lowest BCUT2D eigenvalue weighted by Gasteiger charge is -2.04. The standard InChI is InChI=1S/C18H18N2O/c1-12-3-8-17-15(9-12)16(11-20-17)14-6-4-13(5-7-14)10-18(21)19-2/h3-9,11,20H,10H2,1-2H3,(H,19,21). The van der Waals surface area contributed by atoms with E-state index >= 15 is 0 Å². The molecule has 2 aromatic carbocycles. The lowest BCUT2D eigenvalue weighted by Crippen LogP contribution is -2.19. The first kappa shape index (κ1) is 13.4. The van der Waals surface area contributed by atoms with Crippen molar-refractivity contribution in [3.8, 4) is 11.1 Å². The summed E-state index contributed by atoms with van der Waals surface area (Å²) in [6.07, 6.45) is 2.46. The van der Waals surface area contributed by atoms with Crippen LogP contribution in [-0.2, 0) is 11.2 Å².